The molecule has 29 heavy (non-hydrogen) atoms. The van der Waals surface area contributed by atoms with Crippen molar-refractivity contribution in [2.75, 3.05) is 0 Å². The van der Waals surface area contributed by atoms with E-state index in [-0.39, 0.29) is 5.82 Å². The lowest BCUT2D eigenvalue weighted by atomic mass is 9.77. The fourth-order valence-electron chi connectivity index (χ4n) is 4.55. The molecule has 1 aliphatic rings. The van der Waals surface area contributed by atoms with Gasteiger partial charge < -0.3 is 10.7 Å². The second kappa shape index (κ2) is 6.95. The van der Waals surface area contributed by atoms with Gasteiger partial charge in [-0.2, -0.15) is 0 Å². The smallest absolute Gasteiger partial charge is 0.248 e. The number of benzene rings is 2. The lowest BCUT2D eigenvalue weighted by Gasteiger charge is -2.28. The number of imidazole rings is 1. The molecule has 0 spiro atoms. The minimum absolute atomic E-state index is 0.224. The highest BCUT2D eigenvalue weighted by Crippen LogP contribution is 2.41. The van der Waals surface area contributed by atoms with E-state index in [1.807, 2.05) is 18.3 Å². The monoisotopic (exact) mass is 388 g/mol. The highest BCUT2D eigenvalue weighted by Gasteiger charge is 2.26. The van der Waals surface area contributed by atoms with E-state index in [1.54, 1.807) is 24.3 Å². The Morgan fingerprint density at radius 2 is 1.79 bits per heavy atom. The van der Waals surface area contributed by atoms with E-state index in [2.05, 4.69) is 9.97 Å². The Morgan fingerprint density at radius 3 is 2.59 bits per heavy atom. The zero-order valence-corrected chi connectivity index (χ0v) is 15.9. The number of carbonyl (C=O) groups is 1. The highest BCUT2D eigenvalue weighted by atomic mass is 19.1. The normalized spacial score (nSPS) is 19.6. The molecule has 1 amide bonds. The van der Waals surface area contributed by atoms with Crippen LogP contribution in [-0.4, -0.2) is 20.9 Å². The van der Waals surface area contributed by atoms with Crippen molar-refractivity contribution < 1.29 is 9.18 Å². The number of primary amides is 1. The van der Waals surface area contributed by atoms with Crippen LogP contribution in [0.3, 0.4) is 0 Å². The molecule has 1 saturated carbocycles. The number of halogens is 1. The number of nitrogens with one attached hydrogen (secondary N) is 1. The van der Waals surface area contributed by atoms with E-state index in [1.165, 1.54) is 11.6 Å². The number of hydrogen-bond donors (Lipinski definition) is 2. The number of nitrogens with zero attached hydrogens (tertiary/aromatic N) is 2. The SMILES string of the molecule is NC(=O)c1ccc2[nH]c([C@H]3CC[C@@H](c4ccnc5ccc(F)cc54)CC3)nc2c1. The zero-order chi connectivity index (χ0) is 20.0. The maximum atomic E-state index is 13.8. The Hall–Kier alpha value is -3.28. The van der Waals surface area contributed by atoms with E-state index < -0.39 is 5.91 Å². The predicted molar refractivity (Wildman–Crippen MR) is 110 cm³/mol. The first-order valence-electron chi connectivity index (χ1n) is 9.92. The molecule has 0 atom stereocenters. The number of aromatic nitrogens is 3. The van der Waals surface area contributed by atoms with Crippen molar-refractivity contribution in [2.45, 2.75) is 37.5 Å². The first-order valence-corrected chi connectivity index (χ1v) is 9.92. The number of carbonyl (C=O) groups excluding carboxylic acids is 1. The maximum Gasteiger partial charge on any atom is 0.248 e. The summed E-state index contributed by atoms with van der Waals surface area (Å²) in [6.07, 6.45) is 5.86. The van der Waals surface area contributed by atoms with E-state index >= 15 is 0 Å². The minimum atomic E-state index is -0.446. The van der Waals surface area contributed by atoms with Gasteiger partial charge in [0.1, 0.15) is 11.6 Å². The van der Waals surface area contributed by atoms with Gasteiger partial charge in [-0.3, -0.25) is 9.78 Å². The van der Waals surface area contributed by atoms with Crippen LogP contribution in [0.25, 0.3) is 21.9 Å². The van der Waals surface area contributed by atoms with Gasteiger partial charge >= 0.3 is 0 Å². The molecule has 0 bridgehead atoms. The quantitative estimate of drug-likeness (QED) is 0.529. The number of pyridine rings is 1. The van der Waals surface area contributed by atoms with Gasteiger partial charge in [0.25, 0.3) is 0 Å². The molecule has 1 fully saturated rings. The van der Waals surface area contributed by atoms with Crippen LogP contribution in [0.4, 0.5) is 4.39 Å². The van der Waals surface area contributed by atoms with Gasteiger partial charge in [0.2, 0.25) is 5.91 Å². The molecular formula is C23H21FN4O. The summed E-state index contributed by atoms with van der Waals surface area (Å²) in [5, 5.41) is 0.915. The van der Waals surface area contributed by atoms with Gasteiger partial charge in [-0.15, -0.1) is 0 Å². The molecule has 2 aromatic carbocycles. The fraction of sp³-hybridized carbons (Fsp3) is 0.261. The first kappa shape index (κ1) is 17.8. The van der Waals surface area contributed by atoms with Gasteiger partial charge in [0.15, 0.2) is 0 Å². The van der Waals surface area contributed by atoms with E-state index in [0.29, 0.717) is 17.4 Å². The number of aromatic amines is 1. The highest BCUT2D eigenvalue weighted by molar-refractivity contribution is 5.96. The van der Waals surface area contributed by atoms with Gasteiger partial charge in [-0.1, -0.05) is 0 Å². The average molecular weight is 388 g/mol. The lowest BCUT2D eigenvalue weighted by molar-refractivity contribution is 0.100. The molecule has 5 nitrogen and oxygen atoms in total. The van der Waals surface area contributed by atoms with Gasteiger partial charge in [0, 0.05) is 23.1 Å². The van der Waals surface area contributed by atoms with Gasteiger partial charge in [-0.05, 0) is 79.6 Å². The van der Waals surface area contributed by atoms with Crippen molar-refractivity contribution in [2.24, 2.45) is 5.73 Å². The zero-order valence-electron chi connectivity index (χ0n) is 15.9. The summed E-state index contributed by atoms with van der Waals surface area (Å²) in [7, 11) is 0. The average Bonchev–Trinajstić information content (AvgIpc) is 3.17. The van der Waals surface area contributed by atoms with Crippen LogP contribution in [0, 0.1) is 5.82 Å². The lowest BCUT2D eigenvalue weighted by Crippen LogP contribution is -2.13. The number of hydrogen-bond acceptors (Lipinski definition) is 3. The summed E-state index contributed by atoms with van der Waals surface area (Å²) in [5.41, 5.74) is 9.55. The Bertz CT molecular complexity index is 1220. The predicted octanol–water partition coefficient (Wildman–Crippen LogP) is 4.79. The molecule has 0 aliphatic heterocycles. The number of fused-ring (bicyclic) bond motifs is 2. The summed E-state index contributed by atoms with van der Waals surface area (Å²) in [6, 6.07) is 12.1. The Morgan fingerprint density at radius 1 is 1.00 bits per heavy atom. The molecule has 3 N–H and O–H groups in total. The fourth-order valence-corrected chi connectivity index (χ4v) is 4.55. The van der Waals surface area contributed by atoms with Crippen molar-refractivity contribution in [3.63, 3.8) is 0 Å². The van der Waals surface area contributed by atoms with Crippen molar-refractivity contribution in [1.29, 1.82) is 0 Å². The molecule has 2 aromatic heterocycles. The van der Waals surface area contributed by atoms with Crippen molar-refractivity contribution in [1.82, 2.24) is 15.0 Å². The summed E-state index contributed by atoms with van der Waals surface area (Å²) in [6.45, 7) is 0. The third-order valence-corrected chi connectivity index (χ3v) is 6.08. The van der Waals surface area contributed by atoms with Crippen LogP contribution < -0.4 is 5.73 Å². The number of nitrogens with two attached hydrogens (primary N) is 1. The number of rotatable bonds is 3. The Kier molecular flexibility index (Phi) is 4.27. The molecule has 6 heteroatoms. The standard InChI is InChI=1S/C23H21FN4O/c24-16-6-8-19-18(12-16)17(9-10-26-19)13-1-3-14(4-2-13)23-27-20-7-5-15(22(25)29)11-21(20)28-23/h5-14H,1-4H2,(H2,25,29)(H,27,28)/t13-,14+. The number of amides is 1. The van der Waals surface area contributed by atoms with E-state index in [9.17, 15) is 9.18 Å². The van der Waals surface area contributed by atoms with Crippen LogP contribution in [0.1, 0.15) is 59.3 Å². The summed E-state index contributed by atoms with van der Waals surface area (Å²) in [4.78, 5) is 23.9. The molecule has 146 valence electrons. The van der Waals surface area contributed by atoms with Gasteiger partial charge in [-0.25, -0.2) is 9.37 Å². The second-order valence-corrected chi connectivity index (χ2v) is 7.83. The molecular weight excluding hydrogens is 367 g/mol. The summed E-state index contributed by atoms with van der Waals surface area (Å²) in [5.74, 6) is 1.03. The van der Waals surface area contributed by atoms with Crippen molar-refractivity contribution in [3.8, 4) is 0 Å². The molecule has 0 saturated heterocycles. The topological polar surface area (TPSA) is 84.7 Å². The second-order valence-electron chi connectivity index (χ2n) is 7.83. The van der Waals surface area contributed by atoms with E-state index in [4.69, 9.17) is 10.7 Å². The van der Waals surface area contributed by atoms with Crippen molar-refractivity contribution >= 4 is 27.8 Å². The molecule has 0 unspecified atom stereocenters. The van der Waals surface area contributed by atoms with Crippen LogP contribution >= 0.6 is 0 Å². The van der Waals surface area contributed by atoms with E-state index in [0.717, 1.165) is 53.4 Å². The molecule has 4 aromatic rings. The van der Waals surface area contributed by atoms with Crippen LogP contribution in [0.15, 0.2) is 48.7 Å². The molecule has 2 heterocycles. The summed E-state index contributed by atoms with van der Waals surface area (Å²) < 4.78 is 13.8. The molecule has 0 radical (unpaired) electrons. The van der Waals surface area contributed by atoms with Crippen LogP contribution in [-0.2, 0) is 0 Å². The van der Waals surface area contributed by atoms with Gasteiger partial charge in [0.05, 0.1) is 16.6 Å². The van der Waals surface area contributed by atoms with Crippen molar-refractivity contribution in [3.05, 3.63) is 71.4 Å². The Balaban J connectivity index is 1.37. The minimum Gasteiger partial charge on any atom is -0.366 e. The third-order valence-electron chi connectivity index (χ3n) is 6.08. The van der Waals surface area contributed by atoms with Crippen LogP contribution in [0.5, 0.6) is 0 Å². The van der Waals surface area contributed by atoms with Crippen LogP contribution in [0.2, 0.25) is 0 Å². The third kappa shape index (κ3) is 3.24. The Labute approximate surface area is 167 Å². The number of H-pyrrole nitrogens is 1. The molecule has 1 aliphatic carbocycles. The summed E-state index contributed by atoms with van der Waals surface area (Å²) >= 11 is 0. The first-order chi connectivity index (χ1) is 14.1. The maximum absolute atomic E-state index is 13.8. The molecule has 5 rings (SSSR count). The largest absolute Gasteiger partial charge is 0.366 e.